The van der Waals surface area contributed by atoms with Gasteiger partial charge in [0.25, 0.3) is 0 Å². The van der Waals surface area contributed by atoms with Crippen molar-refractivity contribution in [1.82, 2.24) is 0 Å². The molecule has 4 atom stereocenters. The lowest BCUT2D eigenvalue weighted by atomic mass is 9.92. The van der Waals surface area contributed by atoms with Crippen molar-refractivity contribution in [2.24, 2.45) is 5.92 Å². The van der Waals surface area contributed by atoms with Crippen LogP contribution in [0.2, 0.25) is 0 Å². The third kappa shape index (κ3) is 19.0. The van der Waals surface area contributed by atoms with Crippen molar-refractivity contribution in [2.75, 3.05) is 13.7 Å². The first-order valence-corrected chi connectivity index (χ1v) is 13.2. The monoisotopic (exact) mass is 502 g/mol. The minimum Gasteiger partial charge on any atom is -0.478 e. The number of aliphatic hydroxyl groups excluding tert-OH is 1. The maximum Gasteiger partial charge on any atom is 0.327 e. The number of hydrogen-bond acceptors (Lipinski definition) is 4. The molecule has 0 radical (unpaired) electrons. The van der Waals surface area contributed by atoms with E-state index in [1.807, 2.05) is 0 Å². The third-order valence-corrected chi connectivity index (χ3v) is 5.88. The summed E-state index contributed by atoms with van der Waals surface area (Å²) in [5, 5.41) is 14.6. The Balaban J connectivity index is 0.00000156. The Kier molecular flexibility index (Phi) is 20.7. The van der Waals surface area contributed by atoms with E-state index < -0.39 is 5.97 Å². The van der Waals surface area contributed by atoms with Crippen molar-refractivity contribution in [1.29, 1.82) is 0 Å². The van der Waals surface area contributed by atoms with Gasteiger partial charge in [-0.3, -0.25) is 0 Å². The predicted molar refractivity (Wildman–Crippen MR) is 151 cm³/mol. The van der Waals surface area contributed by atoms with E-state index >= 15 is 0 Å². The molecule has 5 nitrogen and oxygen atoms in total. The van der Waals surface area contributed by atoms with Crippen molar-refractivity contribution in [3.05, 3.63) is 72.9 Å². The summed E-state index contributed by atoms with van der Waals surface area (Å²) >= 11 is 0. The van der Waals surface area contributed by atoms with Crippen LogP contribution in [0, 0.1) is 5.92 Å². The molecule has 2 N–H and O–H groups in total. The maximum atomic E-state index is 9.25. The molecule has 0 aliphatic carbocycles. The molecule has 36 heavy (non-hydrogen) atoms. The second kappa shape index (κ2) is 22.0. The second-order valence-corrected chi connectivity index (χ2v) is 9.46. The summed E-state index contributed by atoms with van der Waals surface area (Å²) in [5.74, 6) is -0.334. The van der Waals surface area contributed by atoms with Gasteiger partial charge in [0.1, 0.15) is 0 Å². The summed E-state index contributed by atoms with van der Waals surface area (Å²) in [6, 6.07) is 0. The van der Waals surface area contributed by atoms with Crippen LogP contribution >= 0.6 is 0 Å². The van der Waals surface area contributed by atoms with E-state index in [0.29, 0.717) is 12.0 Å². The van der Waals surface area contributed by atoms with Crippen LogP contribution in [-0.4, -0.2) is 48.2 Å². The summed E-state index contributed by atoms with van der Waals surface area (Å²) < 4.78 is 11.7. The number of allylic oxidation sites excluding steroid dienone is 4. The number of unbranched alkanes of at least 4 members (excludes halogenated alkanes) is 2. The largest absolute Gasteiger partial charge is 0.478 e. The molecule has 204 valence electrons. The molecular weight excluding hydrogens is 452 g/mol. The molecule has 0 spiro atoms. The summed E-state index contributed by atoms with van der Waals surface area (Å²) in [6.45, 7) is 14.7. The highest BCUT2D eigenvalue weighted by Gasteiger charge is 2.18. The summed E-state index contributed by atoms with van der Waals surface area (Å²) in [7, 11) is 1.00. The van der Waals surface area contributed by atoms with E-state index in [-0.39, 0.29) is 12.2 Å². The van der Waals surface area contributed by atoms with Crippen molar-refractivity contribution in [2.45, 2.75) is 96.9 Å². The highest BCUT2D eigenvalue weighted by atomic mass is 16.5. The fourth-order valence-electron chi connectivity index (χ4n) is 4.13. The Morgan fingerprint density at radius 3 is 2.53 bits per heavy atom. The highest BCUT2D eigenvalue weighted by Crippen LogP contribution is 2.24. The molecule has 0 bridgehead atoms. The second-order valence-electron chi connectivity index (χ2n) is 9.46. The molecule has 0 saturated carbocycles. The number of rotatable bonds is 13. The molecule has 2 rings (SSSR count). The van der Waals surface area contributed by atoms with Gasteiger partial charge in [-0.25, -0.2) is 4.79 Å². The lowest BCUT2D eigenvalue weighted by Gasteiger charge is -2.26. The average molecular weight is 503 g/mol. The van der Waals surface area contributed by atoms with Crippen molar-refractivity contribution in [3.63, 3.8) is 0 Å². The van der Waals surface area contributed by atoms with Gasteiger partial charge < -0.3 is 19.7 Å². The quantitative estimate of drug-likeness (QED) is 0.156. The molecule has 5 heteroatoms. The molecule has 0 aromatic rings. The van der Waals surface area contributed by atoms with Crippen LogP contribution in [0.25, 0.3) is 0 Å². The third-order valence-electron chi connectivity index (χ3n) is 5.88. The molecule has 2 aliphatic rings. The van der Waals surface area contributed by atoms with Crippen LogP contribution in [0.1, 0.15) is 78.6 Å². The van der Waals surface area contributed by atoms with Gasteiger partial charge in [0.15, 0.2) is 0 Å². The Morgan fingerprint density at radius 1 is 1.22 bits per heavy atom. The summed E-state index contributed by atoms with van der Waals surface area (Å²) in [5.41, 5.74) is 2.82. The molecule has 0 saturated heterocycles. The molecule has 0 amide bonds. The number of hydrogen-bond donors (Lipinski definition) is 2. The standard InChI is InChI=1S/C27H42O2.C3H4O2.CH4O/c1-22(19-24(3)21-27-16-12-14-25(4)29-27)13-10-8-6-5-7-9-11-15-26-20-23(2)17-18-28-26;1-2-3(4)5;1-2/h6,8,11-12,14-15,17,24-27H,1,5,7,9-10,13,16,18-21H2,2-4H3;2H,1H2,(H,4,5);2H,1H3/b8-6+,15-11+;;/t24-,25-,26?,27?;;/m0../s1. The van der Waals surface area contributed by atoms with E-state index in [2.05, 4.69) is 76.5 Å². The molecule has 2 unspecified atom stereocenters. The molecule has 0 aromatic carbocycles. The normalized spacial score (nSPS) is 22.1. The number of aliphatic carboxylic acids is 1. The summed E-state index contributed by atoms with van der Waals surface area (Å²) in [6.07, 6.45) is 27.6. The smallest absolute Gasteiger partial charge is 0.327 e. The van der Waals surface area contributed by atoms with Crippen LogP contribution < -0.4 is 0 Å². The van der Waals surface area contributed by atoms with Gasteiger partial charge in [0.2, 0.25) is 0 Å². The number of ether oxygens (including phenoxy) is 2. The van der Waals surface area contributed by atoms with Gasteiger partial charge in [-0.2, -0.15) is 0 Å². The Morgan fingerprint density at radius 2 is 1.89 bits per heavy atom. The average Bonchev–Trinajstić information content (AvgIpc) is 2.84. The summed E-state index contributed by atoms with van der Waals surface area (Å²) in [4.78, 5) is 9.25. The van der Waals surface area contributed by atoms with Gasteiger partial charge >= 0.3 is 5.97 Å². The molecular formula is C31H50O5. The molecule has 0 fully saturated rings. The maximum absolute atomic E-state index is 9.25. The van der Waals surface area contributed by atoms with E-state index in [4.69, 9.17) is 19.7 Å². The topological polar surface area (TPSA) is 76.0 Å². The number of carboxylic acids is 1. The van der Waals surface area contributed by atoms with Gasteiger partial charge in [-0.15, -0.1) is 0 Å². The molecule has 2 heterocycles. The van der Waals surface area contributed by atoms with Crippen LogP contribution in [0.15, 0.2) is 72.9 Å². The minimum absolute atomic E-state index is 0.270. The zero-order chi connectivity index (χ0) is 27.2. The van der Waals surface area contributed by atoms with Gasteiger partial charge in [0.05, 0.1) is 24.9 Å². The van der Waals surface area contributed by atoms with Gasteiger partial charge in [-0.1, -0.05) is 73.8 Å². The first-order chi connectivity index (χ1) is 17.3. The minimum atomic E-state index is -0.981. The Hall–Kier alpha value is -2.21. The van der Waals surface area contributed by atoms with E-state index in [0.717, 1.165) is 71.2 Å². The van der Waals surface area contributed by atoms with Crippen molar-refractivity contribution < 1.29 is 24.5 Å². The first kappa shape index (κ1) is 33.8. The lowest BCUT2D eigenvalue weighted by molar-refractivity contribution is -0.131. The van der Waals surface area contributed by atoms with Crippen LogP contribution in [-0.2, 0) is 14.3 Å². The fraction of sp³-hybridized carbons (Fsp3) is 0.581. The highest BCUT2D eigenvalue weighted by molar-refractivity contribution is 5.78. The molecule has 2 aliphatic heterocycles. The van der Waals surface area contributed by atoms with Crippen LogP contribution in [0.3, 0.4) is 0 Å². The number of aliphatic hydroxyl groups is 1. The number of carboxylic acid groups (broad SMARTS) is 1. The SMILES string of the molecule is C=C(CC/C=C/CCC/C=C/C1CC(C)=CCO1)C[C@H](C)CC1CC=C[C@H](C)O1.C=CC(=O)O.CO. The first-order valence-electron chi connectivity index (χ1n) is 13.2. The van der Waals surface area contributed by atoms with Gasteiger partial charge in [-0.05, 0) is 77.6 Å². The van der Waals surface area contributed by atoms with Crippen molar-refractivity contribution in [3.8, 4) is 0 Å². The van der Waals surface area contributed by atoms with Crippen LogP contribution in [0.4, 0.5) is 0 Å². The lowest BCUT2D eigenvalue weighted by Crippen LogP contribution is -2.23. The van der Waals surface area contributed by atoms with Crippen molar-refractivity contribution >= 4 is 5.97 Å². The Labute approximate surface area is 220 Å². The van der Waals surface area contributed by atoms with E-state index in [1.165, 1.54) is 17.6 Å². The van der Waals surface area contributed by atoms with E-state index in [1.54, 1.807) is 0 Å². The molecule has 0 aromatic heterocycles. The van der Waals surface area contributed by atoms with E-state index in [9.17, 15) is 4.79 Å². The Bertz CT molecular complexity index is 731. The zero-order valence-corrected chi connectivity index (χ0v) is 23.0. The fourth-order valence-corrected chi connectivity index (χ4v) is 4.13. The zero-order valence-electron chi connectivity index (χ0n) is 23.0. The number of carbonyl (C=O) groups is 1. The van der Waals surface area contributed by atoms with Crippen LogP contribution in [0.5, 0.6) is 0 Å². The predicted octanol–water partition coefficient (Wildman–Crippen LogP) is 7.36. The van der Waals surface area contributed by atoms with Gasteiger partial charge in [0, 0.05) is 13.2 Å².